The van der Waals surface area contributed by atoms with Crippen LogP contribution in [0.25, 0.3) is 0 Å². The van der Waals surface area contributed by atoms with Crippen LogP contribution in [0.15, 0.2) is 0 Å². The fourth-order valence-corrected chi connectivity index (χ4v) is 4.38. The molecule has 1 heterocycles. The Labute approximate surface area is 123 Å². The zero-order valence-electron chi connectivity index (χ0n) is 12.7. The summed E-state index contributed by atoms with van der Waals surface area (Å²) in [5, 5.41) is 0. The van der Waals surface area contributed by atoms with Gasteiger partial charge in [0.1, 0.15) is 0 Å². The maximum absolute atomic E-state index is 6.31. The molecule has 2 N–H and O–H groups in total. The fraction of sp³-hybridized carbons (Fsp3) is 1.00. The van der Waals surface area contributed by atoms with E-state index in [0.29, 0.717) is 17.3 Å². The normalized spacial score (nSPS) is 44.4. The second kappa shape index (κ2) is 4.62. The second-order valence-electron chi connectivity index (χ2n) is 7.66. The van der Waals surface area contributed by atoms with Gasteiger partial charge in [0.05, 0.1) is 11.7 Å². The van der Waals surface area contributed by atoms with E-state index in [1.165, 1.54) is 6.42 Å². The van der Waals surface area contributed by atoms with Gasteiger partial charge < -0.3 is 15.0 Å². The van der Waals surface area contributed by atoms with E-state index in [1.54, 1.807) is 0 Å². The molecule has 3 nitrogen and oxygen atoms in total. The molecule has 1 saturated heterocycles. The molecule has 2 bridgehead atoms. The van der Waals surface area contributed by atoms with Crippen molar-refractivity contribution in [2.24, 2.45) is 28.9 Å². The third-order valence-electron chi connectivity index (χ3n) is 6.05. The van der Waals surface area contributed by atoms with E-state index >= 15 is 0 Å². The van der Waals surface area contributed by atoms with Crippen molar-refractivity contribution >= 4 is 19.5 Å². The molecule has 110 valence electrons. The van der Waals surface area contributed by atoms with E-state index in [9.17, 15) is 0 Å². The molecule has 5 heteroatoms. The Morgan fingerprint density at radius 3 is 2.37 bits per heavy atom. The van der Waals surface area contributed by atoms with Gasteiger partial charge in [-0.1, -0.05) is 27.7 Å². The van der Waals surface area contributed by atoms with Crippen LogP contribution in [-0.4, -0.2) is 24.8 Å². The molecule has 3 aliphatic carbocycles. The average molecular weight is 288 g/mol. The molecule has 4 rings (SSSR count). The largest absolute Gasteiger partial charge is 0.475 e. The smallest absolute Gasteiger partial charge is 0.404 e. The van der Waals surface area contributed by atoms with Crippen molar-refractivity contribution in [1.82, 2.24) is 0 Å². The Morgan fingerprint density at radius 2 is 1.84 bits per heavy atom. The number of hydrogen-bond donors (Lipinski definition) is 1. The minimum absolute atomic E-state index is 0. The molecule has 0 aromatic carbocycles. The maximum atomic E-state index is 6.31. The molecule has 4 aliphatic rings. The van der Waals surface area contributed by atoms with Crippen LogP contribution in [0.1, 0.15) is 47.5 Å². The topological polar surface area (TPSA) is 44.5 Å². The van der Waals surface area contributed by atoms with Gasteiger partial charge in [0.15, 0.2) is 0 Å². The quantitative estimate of drug-likeness (QED) is 0.794. The molecule has 5 atom stereocenters. The van der Waals surface area contributed by atoms with Gasteiger partial charge in [0.2, 0.25) is 0 Å². The molecule has 0 amide bonds. The Bertz CT molecular complexity index is 365. The van der Waals surface area contributed by atoms with Gasteiger partial charge in [-0.3, -0.25) is 0 Å². The van der Waals surface area contributed by atoms with E-state index in [0.717, 1.165) is 12.3 Å². The van der Waals surface area contributed by atoms with Crippen molar-refractivity contribution in [3.05, 3.63) is 0 Å². The zero-order valence-corrected chi connectivity index (χ0v) is 13.5. The van der Waals surface area contributed by atoms with Gasteiger partial charge in [-0.05, 0) is 42.9 Å². The summed E-state index contributed by atoms with van der Waals surface area (Å²) in [5.74, 6) is 1.80. The van der Waals surface area contributed by atoms with Crippen LogP contribution in [-0.2, 0) is 9.31 Å². The minimum Gasteiger partial charge on any atom is -0.404 e. The molecular weight excluding hydrogens is 260 g/mol. The van der Waals surface area contributed by atoms with E-state index in [4.69, 9.17) is 15.0 Å². The predicted octanol–water partition coefficient (Wildman–Crippen LogP) is 2.66. The summed E-state index contributed by atoms with van der Waals surface area (Å²) in [7, 11) is -0.213. The predicted molar refractivity (Wildman–Crippen MR) is 80.2 cm³/mol. The lowest BCUT2D eigenvalue weighted by atomic mass is 9.43. The van der Waals surface area contributed by atoms with Crippen LogP contribution >= 0.6 is 12.4 Å². The molecule has 0 radical (unpaired) electrons. The first kappa shape index (κ1) is 15.6. The van der Waals surface area contributed by atoms with Crippen molar-refractivity contribution in [3.8, 4) is 0 Å². The fourth-order valence-electron chi connectivity index (χ4n) is 4.38. The van der Waals surface area contributed by atoms with Crippen molar-refractivity contribution < 1.29 is 9.31 Å². The Kier molecular flexibility index (Phi) is 3.80. The monoisotopic (exact) mass is 287 g/mol. The van der Waals surface area contributed by atoms with Crippen molar-refractivity contribution in [3.63, 3.8) is 0 Å². The van der Waals surface area contributed by atoms with Crippen LogP contribution in [0.5, 0.6) is 0 Å². The van der Waals surface area contributed by atoms with Gasteiger partial charge in [-0.15, -0.1) is 12.4 Å². The van der Waals surface area contributed by atoms with Gasteiger partial charge in [-0.2, -0.15) is 0 Å². The molecule has 3 saturated carbocycles. The van der Waals surface area contributed by atoms with Crippen LogP contribution in [0.2, 0.25) is 0 Å². The lowest BCUT2D eigenvalue weighted by molar-refractivity contribution is -0.199. The summed E-state index contributed by atoms with van der Waals surface area (Å²) >= 11 is 0. The second-order valence-corrected chi connectivity index (χ2v) is 7.66. The SMILES string of the molecule is CC(C)[C@@H](N)B1O[C@H]2C[C@H]3C[C@H](C3(C)C)[C@@]2(C)O1.Cl. The molecule has 19 heavy (non-hydrogen) atoms. The standard InChI is InChI=1S/C14H26BNO2.ClH/c1-8(2)12(16)15-17-11-7-9-6-10(13(9,3)4)14(11,5)18-15;/h8-12H,6-7,16H2,1-5H3;1H/t9-,10-,11+,12-,14-;/m1./s1. The highest BCUT2D eigenvalue weighted by Gasteiger charge is 2.68. The van der Waals surface area contributed by atoms with E-state index in [1.807, 2.05) is 0 Å². The van der Waals surface area contributed by atoms with E-state index in [-0.39, 0.29) is 37.2 Å². The lowest BCUT2D eigenvalue weighted by Crippen LogP contribution is -2.65. The Balaban J connectivity index is 0.00000133. The highest BCUT2D eigenvalue weighted by atomic mass is 35.5. The summed E-state index contributed by atoms with van der Waals surface area (Å²) in [6.07, 6.45) is 2.69. The first-order valence-corrected chi connectivity index (χ1v) is 7.35. The van der Waals surface area contributed by atoms with E-state index in [2.05, 4.69) is 34.6 Å². The molecule has 0 spiro atoms. The van der Waals surface area contributed by atoms with Crippen molar-refractivity contribution in [2.75, 3.05) is 0 Å². The Morgan fingerprint density at radius 1 is 1.21 bits per heavy atom. The molecule has 0 aromatic heterocycles. The molecular formula is C14H27BClNO2. The summed E-state index contributed by atoms with van der Waals surface area (Å²) in [6.45, 7) is 11.3. The highest BCUT2D eigenvalue weighted by Crippen LogP contribution is 2.65. The summed E-state index contributed by atoms with van der Waals surface area (Å²) in [4.78, 5) is 0. The van der Waals surface area contributed by atoms with Gasteiger partial charge >= 0.3 is 7.12 Å². The third kappa shape index (κ3) is 1.98. The number of rotatable bonds is 2. The van der Waals surface area contributed by atoms with Crippen LogP contribution < -0.4 is 5.73 Å². The maximum Gasteiger partial charge on any atom is 0.475 e. The number of hydrogen-bond acceptors (Lipinski definition) is 3. The van der Waals surface area contributed by atoms with Crippen LogP contribution in [0.4, 0.5) is 0 Å². The van der Waals surface area contributed by atoms with Crippen LogP contribution in [0.3, 0.4) is 0 Å². The summed E-state index contributed by atoms with van der Waals surface area (Å²) < 4.78 is 12.5. The first-order chi connectivity index (χ1) is 8.26. The average Bonchev–Trinajstić information content (AvgIpc) is 2.63. The Hall–Kier alpha value is 0.235. The lowest BCUT2D eigenvalue weighted by Gasteiger charge is -2.64. The summed E-state index contributed by atoms with van der Waals surface area (Å²) in [5.41, 5.74) is 6.50. The number of nitrogens with two attached hydrogens (primary N) is 1. The molecule has 0 unspecified atom stereocenters. The van der Waals surface area contributed by atoms with Gasteiger partial charge in [0.25, 0.3) is 0 Å². The molecule has 0 aromatic rings. The summed E-state index contributed by atoms with van der Waals surface area (Å²) in [6, 6.07) is 0. The van der Waals surface area contributed by atoms with Gasteiger partial charge in [-0.25, -0.2) is 0 Å². The highest BCUT2D eigenvalue weighted by molar-refractivity contribution is 6.47. The van der Waals surface area contributed by atoms with Gasteiger partial charge in [0, 0.05) is 5.94 Å². The van der Waals surface area contributed by atoms with Crippen molar-refractivity contribution in [2.45, 2.75) is 65.1 Å². The van der Waals surface area contributed by atoms with Crippen molar-refractivity contribution in [1.29, 1.82) is 0 Å². The minimum atomic E-state index is -0.213. The number of halogens is 1. The van der Waals surface area contributed by atoms with E-state index < -0.39 is 0 Å². The molecule has 1 aliphatic heterocycles. The molecule has 4 fully saturated rings. The first-order valence-electron chi connectivity index (χ1n) is 7.35. The third-order valence-corrected chi connectivity index (χ3v) is 6.05. The van der Waals surface area contributed by atoms with Crippen LogP contribution in [0, 0.1) is 23.2 Å². The zero-order chi connectivity index (χ0) is 13.3.